The maximum atomic E-state index is 5.98. The van der Waals surface area contributed by atoms with Crippen molar-refractivity contribution in [2.45, 2.75) is 71.2 Å². The van der Waals surface area contributed by atoms with Crippen LogP contribution in [0.1, 0.15) is 56.3 Å². The van der Waals surface area contributed by atoms with E-state index in [0.717, 1.165) is 35.8 Å². The van der Waals surface area contributed by atoms with Gasteiger partial charge < -0.3 is 4.74 Å². The number of fused-ring (bicyclic) bond motifs is 5. The van der Waals surface area contributed by atoms with Crippen LogP contribution in [0.5, 0.6) is 0 Å². The molecule has 1 unspecified atom stereocenters. The van der Waals surface area contributed by atoms with E-state index in [1.165, 1.54) is 35.1 Å². The van der Waals surface area contributed by atoms with Crippen molar-refractivity contribution in [3.8, 4) is 0 Å². The Morgan fingerprint density at radius 2 is 2.23 bits per heavy atom. The molecule has 138 valence electrons. The minimum Gasteiger partial charge on any atom is -0.370 e. The monoisotopic (exact) mass is 371 g/mol. The van der Waals surface area contributed by atoms with Crippen LogP contribution in [0.3, 0.4) is 0 Å². The van der Waals surface area contributed by atoms with Crippen molar-refractivity contribution in [1.29, 1.82) is 0 Å². The van der Waals surface area contributed by atoms with Crippen LogP contribution in [0.4, 0.5) is 0 Å². The Hall–Kier alpha value is -1.57. The summed E-state index contributed by atoms with van der Waals surface area (Å²) in [7, 11) is 0. The molecule has 0 N–H and O–H groups in total. The molecule has 5 heterocycles. The van der Waals surface area contributed by atoms with Gasteiger partial charge in [0, 0.05) is 17.3 Å². The van der Waals surface area contributed by atoms with Crippen LogP contribution in [0.15, 0.2) is 6.33 Å². The third-order valence-corrected chi connectivity index (χ3v) is 6.85. The van der Waals surface area contributed by atoms with Crippen LogP contribution < -0.4 is 0 Å². The number of ether oxygens (including phenoxy) is 1. The maximum absolute atomic E-state index is 5.98. The van der Waals surface area contributed by atoms with Gasteiger partial charge in [0.1, 0.15) is 11.2 Å². The molecule has 6 nitrogen and oxygen atoms in total. The average Bonchev–Trinajstić information content (AvgIpc) is 3.16. The Morgan fingerprint density at radius 1 is 1.35 bits per heavy atom. The Morgan fingerprint density at radius 3 is 3.08 bits per heavy atom. The molecular formula is C19H25N5OS. The summed E-state index contributed by atoms with van der Waals surface area (Å²) in [6.07, 6.45) is 6.58. The van der Waals surface area contributed by atoms with Gasteiger partial charge >= 0.3 is 0 Å². The van der Waals surface area contributed by atoms with E-state index in [1.807, 2.05) is 10.8 Å². The van der Waals surface area contributed by atoms with Gasteiger partial charge in [0.25, 0.3) is 0 Å². The van der Waals surface area contributed by atoms with Gasteiger partial charge in [0.05, 0.1) is 24.1 Å². The van der Waals surface area contributed by atoms with Gasteiger partial charge in [-0.25, -0.2) is 14.5 Å². The number of likely N-dealkylation sites (tertiary alicyclic amines) is 1. The zero-order valence-corrected chi connectivity index (χ0v) is 16.5. The summed E-state index contributed by atoms with van der Waals surface area (Å²) >= 11 is 1.73. The standard InChI is InChI=1S/C19H25N5OS/c1-12-6-4-5-7-23(12)9-15-21-17-16-13-8-19(2,3)25-10-14(13)26-18(16)20-11-24(17)22-15/h11-12H,4-10H2,1-3H3. The van der Waals surface area contributed by atoms with Crippen LogP contribution in [-0.2, 0) is 24.3 Å². The third-order valence-electron chi connectivity index (χ3n) is 5.74. The summed E-state index contributed by atoms with van der Waals surface area (Å²) in [4.78, 5) is 14.4. The van der Waals surface area contributed by atoms with Gasteiger partial charge in [-0.1, -0.05) is 6.42 Å². The molecular weight excluding hydrogens is 346 g/mol. The molecule has 0 saturated carbocycles. The zero-order valence-electron chi connectivity index (χ0n) is 15.7. The first-order valence-corrected chi connectivity index (χ1v) is 10.3. The first-order chi connectivity index (χ1) is 12.5. The van der Waals surface area contributed by atoms with Crippen molar-refractivity contribution in [2.75, 3.05) is 6.54 Å². The Bertz CT molecular complexity index is 975. The van der Waals surface area contributed by atoms with E-state index in [-0.39, 0.29) is 5.60 Å². The highest BCUT2D eigenvalue weighted by atomic mass is 32.1. The van der Waals surface area contributed by atoms with Gasteiger partial charge in [0.2, 0.25) is 0 Å². The molecule has 0 bridgehead atoms. The summed E-state index contributed by atoms with van der Waals surface area (Å²) in [5.74, 6) is 0.902. The molecule has 1 fully saturated rings. The quantitative estimate of drug-likeness (QED) is 0.689. The topological polar surface area (TPSA) is 55.6 Å². The summed E-state index contributed by atoms with van der Waals surface area (Å²) in [5.41, 5.74) is 2.16. The van der Waals surface area contributed by atoms with Gasteiger partial charge in [-0.3, -0.25) is 4.90 Å². The number of hydrogen-bond donors (Lipinski definition) is 0. The lowest BCUT2D eigenvalue weighted by Gasteiger charge is -2.32. The number of aromatic nitrogens is 4. The Labute approximate surface area is 157 Å². The predicted molar refractivity (Wildman–Crippen MR) is 102 cm³/mol. The molecule has 1 saturated heterocycles. The van der Waals surface area contributed by atoms with Crippen LogP contribution in [-0.4, -0.2) is 42.7 Å². The second-order valence-electron chi connectivity index (χ2n) is 8.27. The van der Waals surface area contributed by atoms with E-state index < -0.39 is 0 Å². The lowest BCUT2D eigenvalue weighted by atomic mass is 9.94. The van der Waals surface area contributed by atoms with E-state index in [0.29, 0.717) is 12.6 Å². The molecule has 2 aliphatic heterocycles. The third kappa shape index (κ3) is 2.73. The normalized spacial score (nSPS) is 23.6. The highest BCUT2D eigenvalue weighted by Crippen LogP contribution is 2.39. The van der Waals surface area contributed by atoms with Gasteiger partial charge in [-0.05, 0) is 45.7 Å². The van der Waals surface area contributed by atoms with Crippen LogP contribution >= 0.6 is 11.3 Å². The molecule has 0 aliphatic carbocycles. The SMILES string of the molecule is CC1CCCCN1Cc1nc2c3c4c(sc3ncn2n1)COC(C)(C)C4. The van der Waals surface area contributed by atoms with E-state index in [1.54, 1.807) is 11.3 Å². The molecule has 5 rings (SSSR count). The zero-order chi connectivity index (χ0) is 17.9. The minimum absolute atomic E-state index is 0.139. The first-order valence-electron chi connectivity index (χ1n) is 9.53. The number of piperidine rings is 1. The molecule has 7 heteroatoms. The first kappa shape index (κ1) is 16.6. The largest absolute Gasteiger partial charge is 0.370 e. The van der Waals surface area contributed by atoms with Crippen LogP contribution in [0.2, 0.25) is 0 Å². The fraction of sp³-hybridized carbons (Fsp3) is 0.632. The Kier molecular flexibility index (Phi) is 3.81. The van der Waals surface area contributed by atoms with E-state index >= 15 is 0 Å². The predicted octanol–water partition coefficient (Wildman–Crippen LogP) is 3.56. The van der Waals surface area contributed by atoms with E-state index in [4.69, 9.17) is 14.8 Å². The number of nitrogens with zero attached hydrogens (tertiary/aromatic N) is 5. The maximum Gasteiger partial charge on any atom is 0.168 e. The fourth-order valence-electron chi connectivity index (χ4n) is 4.23. The van der Waals surface area contributed by atoms with Crippen LogP contribution in [0, 0.1) is 0 Å². The summed E-state index contributed by atoms with van der Waals surface area (Å²) in [5, 5.41) is 5.91. The number of thiophene rings is 1. The molecule has 2 aliphatic rings. The molecule has 3 aromatic rings. The van der Waals surface area contributed by atoms with Crippen molar-refractivity contribution in [3.05, 3.63) is 22.6 Å². The number of hydrogen-bond acceptors (Lipinski definition) is 6. The van der Waals surface area contributed by atoms with Crippen molar-refractivity contribution < 1.29 is 4.74 Å². The molecule has 3 aromatic heterocycles. The van der Waals surface area contributed by atoms with E-state index in [9.17, 15) is 0 Å². The molecule has 0 amide bonds. The van der Waals surface area contributed by atoms with Crippen molar-refractivity contribution in [2.24, 2.45) is 0 Å². The number of rotatable bonds is 2. The summed E-state index contributed by atoms with van der Waals surface area (Å²) in [6.45, 7) is 9.25. The molecule has 0 aromatic carbocycles. The fourth-order valence-corrected chi connectivity index (χ4v) is 5.29. The van der Waals surface area contributed by atoms with Gasteiger partial charge in [-0.15, -0.1) is 16.4 Å². The average molecular weight is 372 g/mol. The second-order valence-corrected chi connectivity index (χ2v) is 9.35. The van der Waals surface area contributed by atoms with Crippen molar-refractivity contribution in [3.63, 3.8) is 0 Å². The molecule has 1 atom stereocenters. The summed E-state index contributed by atoms with van der Waals surface area (Å²) < 4.78 is 7.85. The minimum atomic E-state index is -0.139. The molecule has 0 radical (unpaired) electrons. The lowest BCUT2D eigenvalue weighted by molar-refractivity contribution is -0.0379. The Balaban J connectivity index is 1.58. The lowest BCUT2D eigenvalue weighted by Crippen LogP contribution is -2.37. The van der Waals surface area contributed by atoms with Crippen LogP contribution in [0.25, 0.3) is 15.9 Å². The summed E-state index contributed by atoms with van der Waals surface area (Å²) in [6, 6.07) is 0.611. The van der Waals surface area contributed by atoms with Gasteiger partial charge in [-0.2, -0.15) is 0 Å². The highest BCUT2D eigenvalue weighted by molar-refractivity contribution is 7.19. The van der Waals surface area contributed by atoms with Gasteiger partial charge in [0.15, 0.2) is 11.5 Å². The highest BCUT2D eigenvalue weighted by Gasteiger charge is 2.31. The van der Waals surface area contributed by atoms with Crippen molar-refractivity contribution >= 4 is 27.2 Å². The molecule has 26 heavy (non-hydrogen) atoms. The smallest absolute Gasteiger partial charge is 0.168 e. The second kappa shape index (κ2) is 5.97. The van der Waals surface area contributed by atoms with E-state index in [2.05, 4.69) is 30.7 Å². The van der Waals surface area contributed by atoms with Crippen molar-refractivity contribution in [1.82, 2.24) is 24.5 Å². The molecule has 0 spiro atoms.